The van der Waals surface area contributed by atoms with Crippen molar-refractivity contribution in [2.45, 2.75) is 24.8 Å². The van der Waals surface area contributed by atoms with E-state index >= 15 is 0 Å². The van der Waals surface area contributed by atoms with Gasteiger partial charge in [-0.25, -0.2) is 9.78 Å². The van der Waals surface area contributed by atoms with Gasteiger partial charge in [0.2, 0.25) is 0 Å². The van der Waals surface area contributed by atoms with E-state index in [2.05, 4.69) is 39.2 Å². The summed E-state index contributed by atoms with van der Waals surface area (Å²) in [5, 5.41) is 12.4. The predicted octanol–water partition coefficient (Wildman–Crippen LogP) is 5.09. The van der Waals surface area contributed by atoms with E-state index < -0.39 is 0 Å². The number of methoxy groups -OCH3 is 1. The van der Waals surface area contributed by atoms with Crippen molar-refractivity contribution in [1.29, 1.82) is 0 Å². The van der Waals surface area contributed by atoms with Gasteiger partial charge in [-0.2, -0.15) is 0 Å². The molecule has 0 saturated carbocycles. The number of hydrogen-bond donors (Lipinski definition) is 0. The highest BCUT2D eigenvalue weighted by Gasteiger charge is 2.14. The number of rotatable bonds is 6. The molecule has 6 nitrogen and oxygen atoms in total. The van der Waals surface area contributed by atoms with Crippen LogP contribution < -0.4 is 0 Å². The van der Waals surface area contributed by atoms with Crippen LogP contribution in [-0.4, -0.2) is 32.8 Å². The highest BCUT2D eigenvalue weighted by atomic mass is 32.2. The fraction of sp³-hybridized carbons (Fsp3) is 0.182. The number of hydrogen-bond acceptors (Lipinski definition) is 7. The van der Waals surface area contributed by atoms with Crippen molar-refractivity contribution < 1.29 is 9.53 Å². The average Bonchev–Trinajstić information content (AvgIpc) is 3.39. The largest absolute Gasteiger partial charge is 0.465 e. The maximum Gasteiger partial charge on any atom is 0.337 e. The molecule has 0 N–H and O–H groups in total. The molecule has 0 bridgehead atoms. The van der Waals surface area contributed by atoms with Crippen LogP contribution in [0, 0.1) is 13.8 Å². The number of aromatic nitrogens is 4. The molecule has 0 aliphatic carbocycles. The molecule has 0 unspecified atom stereocenters. The lowest BCUT2D eigenvalue weighted by Crippen LogP contribution is -2.01. The standard InChI is InChI=1S/C22H20N4O2S2/c1-14-6-4-5-7-19(14)26-15(2)24-25-22(26)30-13-18-12-29-20(23-18)16-8-10-17(11-9-16)21(27)28-3/h4-12H,13H2,1-3H3. The first-order valence-electron chi connectivity index (χ1n) is 9.31. The summed E-state index contributed by atoms with van der Waals surface area (Å²) in [4.78, 5) is 16.3. The first-order valence-corrected chi connectivity index (χ1v) is 11.2. The zero-order valence-corrected chi connectivity index (χ0v) is 18.5. The van der Waals surface area contributed by atoms with Crippen LogP contribution >= 0.6 is 23.1 Å². The van der Waals surface area contributed by atoms with Crippen LogP contribution in [0.4, 0.5) is 0 Å². The number of thioether (sulfide) groups is 1. The van der Waals surface area contributed by atoms with E-state index in [1.165, 1.54) is 12.7 Å². The summed E-state index contributed by atoms with van der Waals surface area (Å²) in [7, 11) is 1.38. The molecular weight excluding hydrogens is 416 g/mol. The van der Waals surface area contributed by atoms with E-state index in [9.17, 15) is 4.79 Å². The quantitative estimate of drug-likeness (QED) is 0.310. The summed E-state index contributed by atoms with van der Waals surface area (Å²) < 4.78 is 6.83. The third-order valence-corrected chi connectivity index (χ3v) is 6.51. The molecule has 152 valence electrons. The second kappa shape index (κ2) is 8.81. The average molecular weight is 437 g/mol. The molecule has 4 aromatic rings. The molecule has 0 aliphatic rings. The smallest absolute Gasteiger partial charge is 0.337 e. The van der Waals surface area contributed by atoms with Gasteiger partial charge in [0.05, 0.1) is 24.1 Å². The van der Waals surface area contributed by atoms with Gasteiger partial charge in [-0.05, 0) is 37.6 Å². The summed E-state index contributed by atoms with van der Waals surface area (Å²) in [6.07, 6.45) is 0. The Hall–Kier alpha value is -2.97. The maximum absolute atomic E-state index is 11.6. The zero-order valence-electron chi connectivity index (χ0n) is 16.8. The Morgan fingerprint density at radius 1 is 1.10 bits per heavy atom. The lowest BCUT2D eigenvalue weighted by molar-refractivity contribution is 0.0601. The summed E-state index contributed by atoms with van der Waals surface area (Å²) in [5.74, 6) is 1.21. The number of aryl methyl sites for hydroxylation is 2. The maximum atomic E-state index is 11.6. The number of ether oxygens (including phenoxy) is 1. The van der Waals surface area contributed by atoms with Gasteiger partial charge in [0.15, 0.2) is 5.16 Å². The third-order valence-electron chi connectivity index (χ3n) is 4.61. The molecule has 0 saturated heterocycles. The van der Waals surface area contributed by atoms with Gasteiger partial charge in [-0.1, -0.05) is 42.1 Å². The number of thiazole rings is 1. The highest BCUT2D eigenvalue weighted by molar-refractivity contribution is 7.98. The summed E-state index contributed by atoms with van der Waals surface area (Å²) >= 11 is 3.20. The van der Waals surface area contributed by atoms with Gasteiger partial charge in [0.25, 0.3) is 0 Å². The minimum absolute atomic E-state index is 0.342. The van der Waals surface area contributed by atoms with E-state index in [-0.39, 0.29) is 5.97 Å². The predicted molar refractivity (Wildman–Crippen MR) is 119 cm³/mol. The monoisotopic (exact) mass is 436 g/mol. The Morgan fingerprint density at radius 3 is 2.60 bits per heavy atom. The van der Waals surface area contributed by atoms with Crippen molar-refractivity contribution in [3.05, 3.63) is 76.6 Å². The molecule has 8 heteroatoms. The fourth-order valence-corrected chi connectivity index (χ4v) is 4.85. The first kappa shape index (κ1) is 20.3. The lowest BCUT2D eigenvalue weighted by atomic mass is 10.1. The lowest BCUT2D eigenvalue weighted by Gasteiger charge is -2.10. The van der Waals surface area contributed by atoms with E-state index in [0.29, 0.717) is 11.3 Å². The normalized spacial score (nSPS) is 10.9. The molecule has 0 spiro atoms. The van der Waals surface area contributed by atoms with E-state index in [4.69, 9.17) is 9.72 Å². The van der Waals surface area contributed by atoms with Crippen molar-refractivity contribution in [1.82, 2.24) is 19.7 Å². The second-order valence-electron chi connectivity index (χ2n) is 6.65. The molecular formula is C22H20N4O2S2. The van der Waals surface area contributed by atoms with Crippen LogP contribution in [0.2, 0.25) is 0 Å². The topological polar surface area (TPSA) is 69.9 Å². The zero-order chi connectivity index (χ0) is 21.1. The van der Waals surface area contributed by atoms with Crippen molar-refractivity contribution in [2.24, 2.45) is 0 Å². The number of carbonyl (C=O) groups excluding carboxylic acids is 1. The number of esters is 1. The Balaban J connectivity index is 1.50. The number of carbonyl (C=O) groups is 1. The van der Waals surface area contributed by atoms with Crippen molar-refractivity contribution in [3.63, 3.8) is 0 Å². The molecule has 0 aliphatic heterocycles. The highest BCUT2D eigenvalue weighted by Crippen LogP contribution is 2.29. The number of para-hydroxylation sites is 1. The molecule has 30 heavy (non-hydrogen) atoms. The van der Waals surface area contributed by atoms with Crippen molar-refractivity contribution in [2.75, 3.05) is 7.11 Å². The van der Waals surface area contributed by atoms with Crippen LogP contribution in [0.15, 0.2) is 59.1 Å². The minimum Gasteiger partial charge on any atom is -0.465 e. The molecule has 0 fully saturated rings. The Labute approximate surface area is 183 Å². The summed E-state index contributed by atoms with van der Waals surface area (Å²) in [5.41, 5.74) is 4.75. The van der Waals surface area contributed by atoms with Gasteiger partial charge in [0, 0.05) is 16.7 Å². The minimum atomic E-state index is -0.342. The SMILES string of the molecule is COC(=O)c1ccc(-c2nc(CSc3nnc(C)n3-c3ccccc3C)cs2)cc1. The molecule has 2 aromatic carbocycles. The second-order valence-corrected chi connectivity index (χ2v) is 8.45. The van der Waals surface area contributed by atoms with E-state index in [1.54, 1.807) is 35.2 Å². The third kappa shape index (κ3) is 4.15. The number of nitrogens with zero attached hydrogens (tertiary/aromatic N) is 4. The van der Waals surface area contributed by atoms with Crippen LogP contribution in [0.1, 0.15) is 27.4 Å². The van der Waals surface area contributed by atoms with Gasteiger partial charge >= 0.3 is 5.97 Å². The molecule has 4 rings (SSSR count). The van der Waals surface area contributed by atoms with Crippen molar-refractivity contribution >= 4 is 29.1 Å². The van der Waals surface area contributed by atoms with E-state index in [0.717, 1.165) is 32.9 Å². The molecule has 0 amide bonds. The van der Waals surface area contributed by atoms with Gasteiger partial charge in [-0.15, -0.1) is 21.5 Å². The van der Waals surface area contributed by atoms with Gasteiger partial charge in [-0.3, -0.25) is 4.57 Å². The molecule has 2 aromatic heterocycles. The van der Waals surface area contributed by atoms with E-state index in [1.807, 2.05) is 31.2 Å². The Bertz CT molecular complexity index is 1180. The number of benzene rings is 2. The first-order chi connectivity index (χ1) is 14.6. The molecule has 0 radical (unpaired) electrons. The van der Waals surface area contributed by atoms with Gasteiger partial charge in [0.1, 0.15) is 10.8 Å². The Kier molecular flexibility index (Phi) is 5.96. The van der Waals surface area contributed by atoms with Crippen LogP contribution in [0.5, 0.6) is 0 Å². The van der Waals surface area contributed by atoms with Gasteiger partial charge < -0.3 is 4.74 Å². The fourth-order valence-electron chi connectivity index (χ4n) is 3.04. The molecule has 2 heterocycles. The summed E-state index contributed by atoms with van der Waals surface area (Å²) in [6, 6.07) is 15.5. The van der Waals surface area contributed by atoms with Crippen molar-refractivity contribution in [3.8, 4) is 16.3 Å². The Morgan fingerprint density at radius 2 is 1.87 bits per heavy atom. The van der Waals surface area contributed by atoms with Crippen LogP contribution in [-0.2, 0) is 10.5 Å². The van der Waals surface area contributed by atoms with Crippen LogP contribution in [0.3, 0.4) is 0 Å². The summed E-state index contributed by atoms with van der Waals surface area (Å²) in [6.45, 7) is 4.05. The van der Waals surface area contributed by atoms with Crippen LogP contribution in [0.25, 0.3) is 16.3 Å². The molecule has 0 atom stereocenters.